The van der Waals surface area contributed by atoms with Crippen LogP contribution in [-0.4, -0.2) is 47.7 Å². The number of aromatic nitrogens is 2. The van der Waals surface area contributed by atoms with Crippen LogP contribution in [0.25, 0.3) is 0 Å². The highest BCUT2D eigenvalue weighted by atomic mass is 19.3. The third-order valence-corrected chi connectivity index (χ3v) is 4.51. The Morgan fingerprint density at radius 2 is 2.08 bits per heavy atom. The zero-order valence-electron chi connectivity index (χ0n) is 14.2. The molecule has 25 heavy (non-hydrogen) atoms. The highest BCUT2D eigenvalue weighted by molar-refractivity contribution is 5.37. The predicted octanol–water partition coefficient (Wildman–Crippen LogP) is 3.18. The molecule has 1 fully saturated rings. The average Bonchev–Trinajstić information content (AvgIpc) is 2.63. The Kier molecular flexibility index (Phi) is 5.75. The van der Waals surface area contributed by atoms with Crippen LogP contribution >= 0.6 is 0 Å². The molecule has 0 saturated carbocycles. The van der Waals surface area contributed by atoms with Crippen LogP contribution in [0.1, 0.15) is 18.4 Å². The average molecular weight is 348 g/mol. The van der Waals surface area contributed by atoms with Crippen LogP contribution in [0.4, 0.5) is 14.6 Å². The zero-order chi connectivity index (χ0) is 17.6. The number of hydrogen-bond acceptors (Lipinski definition) is 5. The number of alkyl halides is 2. The summed E-state index contributed by atoms with van der Waals surface area (Å²) in [5.74, 6) is 1.12. The lowest BCUT2D eigenvalue weighted by molar-refractivity contribution is -0.0498. The fourth-order valence-corrected chi connectivity index (χ4v) is 3.20. The smallest absolute Gasteiger partial charge is 0.387 e. The van der Waals surface area contributed by atoms with Crippen molar-refractivity contribution in [1.82, 2.24) is 14.9 Å². The van der Waals surface area contributed by atoms with Crippen LogP contribution in [0.5, 0.6) is 5.75 Å². The van der Waals surface area contributed by atoms with Gasteiger partial charge in [0.25, 0.3) is 0 Å². The number of piperidine rings is 1. The van der Waals surface area contributed by atoms with Gasteiger partial charge in [-0.1, -0.05) is 12.1 Å². The second kappa shape index (κ2) is 8.20. The second-order valence-electron chi connectivity index (χ2n) is 6.23. The number of hydrogen-bond donors (Lipinski definition) is 0. The minimum Gasteiger partial charge on any atom is -0.435 e. The molecule has 1 aliphatic rings. The summed E-state index contributed by atoms with van der Waals surface area (Å²) in [6.45, 7) is -0.0199. The van der Waals surface area contributed by atoms with E-state index in [2.05, 4.69) is 31.6 Å². The number of likely N-dealkylation sites (tertiary alicyclic amines) is 1. The molecule has 1 atom stereocenters. The third-order valence-electron chi connectivity index (χ3n) is 4.51. The monoisotopic (exact) mass is 348 g/mol. The minimum atomic E-state index is -2.79. The Morgan fingerprint density at radius 1 is 1.28 bits per heavy atom. The Morgan fingerprint density at radius 3 is 2.76 bits per heavy atom. The molecule has 3 rings (SSSR count). The fourth-order valence-electron chi connectivity index (χ4n) is 3.20. The first-order valence-electron chi connectivity index (χ1n) is 8.37. The molecule has 2 aromatic rings. The Balaban J connectivity index is 1.58. The fraction of sp³-hybridized carbons (Fsp3) is 0.444. The van der Waals surface area contributed by atoms with Crippen LogP contribution in [0.2, 0.25) is 0 Å². The summed E-state index contributed by atoms with van der Waals surface area (Å²) in [7, 11) is 2.06. The second-order valence-corrected chi connectivity index (χ2v) is 6.23. The van der Waals surface area contributed by atoms with Crippen molar-refractivity contribution in [3.63, 3.8) is 0 Å². The van der Waals surface area contributed by atoms with Crippen molar-refractivity contribution in [2.45, 2.75) is 32.0 Å². The number of ether oxygens (including phenoxy) is 1. The molecule has 7 heteroatoms. The highest BCUT2D eigenvalue weighted by Gasteiger charge is 2.24. The van der Waals surface area contributed by atoms with Crippen molar-refractivity contribution in [2.24, 2.45) is 0 Å². The molecule has 0 amide bonds. The summed E-state index contributed by atoms with van der Waals surface area (Å²) < 4.78 is 28.8. The number of benzene rings is 1. The van der Waals surface area contributed by atoms with E-state index in [0.29, 0.717) is 6.04 Å². The van der Waals surface area contributed by atoms with Gasteiger partial charge in [0.05, 0.1) is 0 Å². The van der Waals surface area contributed by atoms with Gasteiger partial charge in [0.2, 0.25) is 0 Å². The van der Waals surface area contributed by atoms with Crippen molar-refractivity contribution in [2.75, 3.05) is 25.0 Å². The van der Waals surface area contributed by atoms with E-state index in [1.165, 1.54) is 0 Å². The molecule has 2 heterocycles. The van der Waals surface area contributed by atoms with E-state index in [-0.39, 0.29) is 5.75 Å². The summed E-state index contributed by atoms with van der Waals surface area (Å²) in [6, 6.07) is 9.18. The summed E-state index contributed by atoms with van der Waals surface area (Å²) in [6.07, 6.45) is 5.56. The van der Waals surface area contributed by atoms with Gasteiger partial charge in [-0.15, -0.1) is 0 Å². The van der Waals surface area contributed by atoms with E-state index in [1.54, 1.807) is 24.7 Å². The van der Waals surface area contributed by atoms with E-state index < -0.39 is 6.61 Å². The third kappa shape index (κ3) is 4.85. The molecule has 0 spiro atoms. The van der Waals surface area contributed by atoms with Crippen molar-refractivity contribution in [3.8, 4) is 5.75 Å². The summed E-state index contributed by atoms with van der Waals surface area (Å²) in [4.78, 5) is 12.9. The van der Waals surface area contributed by atoms with Crippen molar-refractivity contribution < 1.29 is 13.5 Å². The summed E-state index contributed by atoms with van der Waals surface area (Å²) in [5.41, 5.74) is 1.09. The molecule has 1 aromatic heterocycles. The van der Waals surface area contributed by atoms with Gasteiger partial charge in [-0.05, 0) is 43.1 Å². The molecule has 5 nitrogen and oxygen atoms in total. The van der Waals surface area contributed by atoms with Crippen molar-refractivity contribution in [3.05, 3.63) is 48.4 Å². The molecule has 134 valence electrons. The van der Waals surface area contributed by atoms with Crippen LogP contribution in [-0.2, 0) is 6.54 Å². The first-order valence-corrected chi connectivity index (χ1v) is 8.37. The van der Waals surface area contributed by atoms with Gasteiger partial charge in [0.15, 0.2) is 0 Å². The normalized spacial score (nSPS) is 18.3. The number of rotatable bonds is 6. The van der Waals surface area contributed by atoms with E-state index in [0.717, 1.165) is 43.9 Å². The maximum absolute atomic E-state index is 12.2. The van der Waals surface area contributed by atoms with E-state index >= 15 is 0 Å². The highest BCUT2D eigenvalue weighted by Crippen LogP contribution is 2.22. The molecule has 0 radical (unpaired) electrons. The first kappa shape index (κ1) is 17.5. The molecule has 1 aliphatic heterocycles. The molecule has 0 bridgehead atoms. The van der Waals surface area contributed by atoms with Gasteiger partial charge < -0.3 is 9.64 Å². The lowest BCUT2D eigenvalue weighted by atomic mass is 10.0. The Bertz CT molecular complexity index is 654. The Hall–Kier alpha value is -2.28. The lowest BCUT2D eigenvalue weighted by Gasteiger charge is -2.38. The predicted molar refractivity (Wildman–Crippen MR) is 91.8 cm³/mol. The standard InChI is InChI=1S/C18H22F2N4O/c1-23(17-8-9-21-13-22-17)15-3-2-10-24(12-15)11-14-4-6-16(7-5-14)25-18(19)20/h4-9,13,15,18H,2-3,10-12H2,1H3. The first-order chi connectivity index (χ1) is 12.1. The van der Waals surface area contributed by atoms with Crippen LogP contribution in [0.15, 0.2) is 42.9 Å². The SMILES string of the molecule is CN(c1ccncn1)C1CCCN(Cc2ccc(OC(F)F)cc2)C1. The van der Waals surface area contributed by atoms with Crippen LogP contribution in [0.3, 0.4) is 0 Å². The molecule has 1 unspecified atom stereocenters. The molecular weight excluding hydrogens is 326 g/mol. The Labute approximate surface area is 146 Å². The maximum Gasteiger partial charge on any atom is 0.387 e. The van der Waals surface area contributed by atoms with Crippen molar-refractivity contribution >= 4 is 5.82 Å². The quantitative estimate of drug-likeness (QED) is 0.802. The number of halogens is 2. The minimum absolute atomic E-state index is 0.193. The lowest BCUT2D eigenvalue weighted by Crippen LogP contribution is -2.46. The van der Waals surface area contributed by atoms with Gasteiger partial charge in [0.1, 0.15) is 17.9 Å². The van der Waals surface area contributed by atoms with E-state index in [1.807, 2.05) is 18.2 Å². The summed E-state index contributed by atoms with van der Waals surface area (Å²) >= 11 is 0. The van der Waals surface area contributed by atoms with Gasteiger partial charge in [-0.25, -0.2) is 9.97 Å². The largest absolute Gasteiger partial charge is 0.435 e. The number of nitrogens with zero attached hydrogens (tertiary/aromatic N) is 4. The van der Waals surface area contributed by atoms with Crippen LogP contribution in [0, 0.1) is 0 Å². The van der Waals surface area contributed by atoms with Gasteiger partial charge in [-0.2, -0.15) is 8.78 Å². The van der Waals surface area contributed by atoms with Gasteiger partial charge in [0, 0.05) is 32.4 Å². The zero-order valence-corrected chi connectivity index (χ0v) is 14.2. The number of likely N-dealkylation sites (N-methyl/N-ethyl adjacent to an activating group) is 1. The molecule has 0 N–H and O–H groups in total. The molecule has 1 aromatic carbocycles. The topological polar surface area (TPSA) is 41.5 Å². The molecule has 1 saturated heterocycles. The van der Waals surface area contributed by atoms with Gasteiger partial charge >= 0.3 is 6.61 Å². The molecular formula is C18H22F2N4O. The molecule has 0 aliphatic carbocycles. The number of anilines is 1. The van der Waals surface area contributed by atoms with E-state index in [4.69, 9.17) is 0 Å². The van der Waals surface area contributed by atoms with Gasteiger partial charge in [-0.3, -0.25) is 4.90 Å². The van der Waals surface area contributed by atoms with Crippen LogP contribution < -0.4 is 9.64 Å². The van der Waals surface area contributed by atoms with E-state index in [9.17, 15) is 8.78 Å². The van der Waals surface area contributed by atoms with Crippen molar-refractivity contribution in [1.29, 1.82) is 0 Å². The summed E-state index contributed by atoms with van der Waals surface area (Å²) in [5, 5.41) is 0. The maximum atomic E-state index is 12.2.